The van der Waals surface area contributed by atoms with E-state index in [1.54, 1.807) is 36.4 Å². The van der Waals surface area contributed by atoms with Gasteiger partial charge in [-0.05, 0) is 24.1 Å². The van der Waals surface area contributed by atoms with Gasteiger partial charge >= 0.3 is 5.97 Å². The predicted octanol–water partition coefficient (Wildman–Crippen LogP) is 0.957. The van der Waals surface area contributed by atoms with Crippen LogP contribution >= 0.6 is 0 Å². The first-order valence-corrected chi connectivity index (χ1v) is 6.09. The molecule has 0 saturated carbocycles. The van der Waals surface area contributed by atoms with Crippen molar-refractivity contribution in [2.24, 2.45) is 5.92 Å². The van der Waals surface area contributed by atoms with Gasteiger partial charge in [-0.25, -0.2) is 0 Å². The molecule has 1 aliphatic rings. The average molecular weight is 260 g/mol. The number of nitrogen functional groups attached to an aromatic ring is 1. The van der Waals surface area contributed by atoms with Crippen LogP contribution in [0.2, 0.25) is 0 Å². The van der Waals surface area contributed by atoms with Crippen LogP contribution in [0.3, 0.4) is 0 Å². The Balaban J connectivity index is 1.84. The summed E-state index contributed by atoms with van der Waals surface area (Å²) in [5.41, 5.74) is 7.11. The third kappa shape index (κ3) is 3.58. The highest BCUT2D eigenvalue weighted by Crippen LogP contribution is 2.18. The van der Waals surface area contributed by atoms with Gasteiger partial charge in [-0.1, -0.05) is 24.3 Å². The topological polar surface area (TPSA) is 92.4 Å². The van der Waals surface area contributed by atoms with E-state index >= 15 is 0 Å². The van der Waals surface area contributed by atoms with Crippen molar-refractivity contribution in [2.75, 3.05) is 5.73 Å². The minimum absolute atomic E-state index is 0.120. The Bertz CT molecular complexity index is 508. The summed E-state index contributed by atoms with van der Waals surface area (Å²) in [5.74, 6) is -1.47. The Morgan fingerprint density at radius 2 is 1.95 bits per heavy atom. The number of hydrogen-bond donors (Lipinski definition) is 3. The maximum absolute atomic E-state index is 11.8. The second kappa shape index (κ2) is 5.56. The van der Waals surface area contributed by atoms with E-state index in [2.05, 4.69) is 5.32 Å². The van der Waals surface area contributed by atoms with Gasteiger partial charge in [-0.15, -0.1) is 0 Å². The van der Waals surface area contributed by atoms with Gasteiger partial charge in [-0.3, -0.25) is 9.59 Å². The molecule has 2 unspecified atom stereocenters. The molecule has 0 bridgehead atoms. The third-order valence-corrected chi connectivity index (χ3v) is 3.09. The highest BCUT2D eigenvalue weighted by Gasteiger charge is 2.25. The van der Waals surface area contributed by atoms with Gasteiger partial charge in [0.2, 0.25) is 5.91 Å². The van der Waals surface area contributed by atoms with E-state index in [-0.39, 0.29) is 18.4 Å². The number of hydrogen-bond acceptors (Lipinski definition) is 3. The van der Waals surface area contributed by atoms with Crippen LogP contribution < -0.4 is 11.1 Å². The Morgan fingerprint density at radius 1 is 1.26 bits per heavy atom. The highest BCUT2D eigenvalue weighted by atomic mass is 16.4. The smallest absolute Gasteiger partial charge is 0.310 e. The lowest BCUT2D eigenvalue weighted by Crippen LogP contribution is -2.34. The van der Waals surface area contributed by atoms with Crippen molar-refractivity contribution >= 4 is 17.6 Å². The maximum atomic E-state index is 11.8. The quantitative estimate of drug-likeness (QED) is 0.555. The Hall–Kier alpha value is -2.30. The highest BCUT2D eigenvalue weighted by molar-refractivity contribution is 5.80. The Labute approximate surface area is 111 Å². The lowest BCUT2D eigenvalue weighted by Gasteiger charge is -2.12. The first kappa shape index (κ1) is 13.1. The molecule has 5 heteroatoms. The molecule has 0 fully saturated rings. The van der Waals surface area contributed by atoms with Crippen LogP contribution in [0.4, 0.5) is 5.69 Å². The van der Waals surface area contributed by atoms with Gasteiger partial charge in [-0.2, -0.15) is 0 Å². The van der Waals surface area contributed by atoms with Crippen molar-refractivity contribution in [3.8, 4) is 0 Å². The molecule has 5 nitrogen and oxygen atoms in total. The number of benzene rings is 1. The number of anilines is 1. The number of rotatable bonds is 4. The van der Waals surface area contributed by atoms with Crippen molar-refractivity contribution in [1.29, 1.82) is 0 Å². The lowest BCUT2D eigenvalue weighted by molar-refractivity contribution is -0.140. The van der Waals surface area contributed by atoms with Crippen LogP contribution in [-0.4, -0.2) is 23.0 Å². The van der Waals surface area contributed by atoms with Crippen LogP contribution in [0.1, 0.15) is 12.0 Å². The molecule has 0 saturated heterocycles. The second-order valence-electron chi connectivity index (χ2n) is 4.66. The van der Waals surface area contributed by atoms with Crippen molar-refractivity contribution in [3.63, 3.8) is 0 Å². The van der Waals surface area contributed by atoms with Crippen LogP contribution in [0.5, 0.6) is 0 Å². The fraction of sp³-hybridized carbons (Fsp3) is 0.286. The molecular formula is C14H16N2O3. The number of carbonyl (C=O) groups excluding carboxylic acids is 1. The average Bonchev–Trinajstić information content (AvgIpc) is 2.80. The standard InChI is InChI=1S/C14H16N2O3/c15-11-4-1-9(2-5-11)7-13(17)16-12-6-3-10(8-12)14(18)19/h1-6,10,12H,7-8,15H2,(H,16,17)(H,18,19). The molecule has 1 aliphatic carbocycles. The van der Waals surface area contributed by atoms with Crippen LogP contribution in [-0.2, 0) is 16.0 Å². The number of carbonyl (C=O) groups is 2. The molecule has 1 amide bonds. The zero-order valence-corrected chi connectivity index (χ0v) is 10.4. The number of nitrogens with one attached hydrogen (secondary N) is 1. The van der Waals surface area contributed by atoms with E-state index in [9.17, 15) is 9.59 Å². The molecule has 4 N–H and O–H groups in total. The van der Waals surface area contributed by atoms with Gasteiger partial charge in [0.05, 0.1) is 12.3 Å². The van der Waals surface area contributed by atoms with Gasteiger partial charge in [0.25, 0.3) is 0 Å². The first-order valence-electron chi connectivity index (χ1n) is 6.09. The summed E-state index contributed by atoms with van der Waals surface area (Å²) in [6.45, 7) is 0. The maximum Gasteiger partial charge on any atom is 0.310 e. The van der Waals surface area contributed by atoms with E-state index < -0.39 is 11.9 Å². The summed E-state index contributed by atoms with van der Waals surface area (Å²) < 4.78 is 0. The summed E-state index contributed by atoms with van der Waals surface area (Å²) in [4.78, 5) is 22.6. The number of amides is 1. The molecule has 19 heavy (non-hydrogen) atoms. The zero-order valence-electron chi connectivity index (χ0n) is 10.4. The first-order chi connectivity index (χ1) is 9.04. The normalized spacial score (nSPS) is 21.3. The minimum atomic E-state index is -0.855. The molecule has 2 atom stereocenters. The van der Waals surface area contributed by atoms with E-state index in [0.717, 1.165) is 5.56 Å². The molecule has 0 heterocycles. The van der Waals surface area contributed by atoms with Gasteiger partial charge in [0.1, 0.15) is 0 Å². The monoisotopic (exact) mass is 260 g/mol. The van der Waals surface area contributed by atoms with Gasteiger partial charge in [0.15, 0.2) is 0 Å². The predicted molar refractivity (Wildman–Crippen MR) is 71.4 cm³/mol. The molecular weight excluding hydrogens is 244 g/mol. The zero-order chi connectivity index (χ0) is 13.8. The molecule has 0 spiro atoms. The molecule has 100 valence electrons. The summed E-state index contributed by atoms with van der Waals surface area (Å²) in [5, 5.41) is 11.7. The summed E-state index contributed by atoms with van der Waals surface area (Å²) >= 11 is 0. The second-order valence-corrected chi connectivity index (χ2v) is 4.66. The molecule has 1 aromatic carbocycles. The fourth-order valence-corrected chi connectivity index (χ4v) is 2.07. The molecule has 0 radical (unpaired) electrons. The minimum Gasteiger partial charge on any atom is -0.481 e. The number of carboxylic acid groups (broad SMARTS) is 1. The van der Waals surface area contributed by atoms with Crippen LogP contribution in [0.25, 0.3) is 0 Å². The molecule has 0 aliphatic heterocycles. The Morgan fingerprint density at radius 3 is 2.53 bits per heavy atom. The van der Waals surface area contributed by atoms with E-state index in [0.29, 0.717) is 12.1 Å². The number of nitrogens with two attached hydrogens (primary N) is 1. The van der Waals surface area contributed by atoms with E-state index in [1.807, 2.05) is 0 Å². The molecule has 1 aromatic rings. The van der Waals surface area contributed by atoms with Crippen molar-refractivity contribution in [3.05, 3.63) is 42.0 Å². The van der Waals surface area contributed by atoms with E-state index in [4.69, 9.17) is 10.8 Å². The molecule has 0 aromatic heterocycles. The third-order valence-electron chi connectivity index (χ3n) is 3.09. The fourth-order valence-electron chi connectivity index (χ4n) is 2.07. The summed E-state index contributed by atoms with van der Waals surface area (Å²) in [7, 11) is 0. The Kier molecular flexibility index (Phi) is 3.85. The van der Waals surface area contributed by atoms with Crippen molar-refractivity contribution < 1.29 is 14.7 Å². The summed E-state index contributed by atoms with van der Waals surface area (Å²) in [6, 6.07) is 6.91. The van der Waals surface area contributed by atoms with Gasteiger partial charge in [0, 0.05) is 11.7 Å². The van der Waals surface area contributed by atoms with Crippen LogP contribution in [0.15, 0.2) is 36.4 Å². The number of carboxylic acids is 1. The van der Waals surface area contributed by atoms with Crippen molar-refractivity contribution in [2.45, 2.75) is 18.9 Å². The SMILES string of the molecule is Nc1ccc(CC(=O)NC2C=CC(C(=O)O)C2)cc1. The van der Waals surface area contributed by atoms with E-state index in [1.165, 1.54) is 0 Å². The lowest BCUT2D eigenvalue weighted by atomic mass is 10.1. The van der Waals surface area contributed by atoms with Crippen LogP contribution in [0, 0.1) is 5.92 Å². The number of aliphatic carboxylic acids is 1. The van der Waals surface area contributed by atoms with Crippen molar-refractivity contribution in [1.82, 2.24) is 5.32 Å². The van der Waals surface area contributed by atoms with Gasteiger partial charge < -0.3 is 16.2 Å². The summed E-state index contributed by atoms with van der Waals surface area (Å²) in [6.07, 6.45) is 4.04. The molecule has 2 rings (SSSR count). The largest absolute Gasteiger partial charge is 0.481 e.